The van der Waals surface area contributed by atoms with E-state index in [1.807, 2.05) is 0 Å². The molecule has 0 aliphatic heterocycles. The molecule has 3 rings (SSSR count). The number of benzene rings is 2. The second kappa shape index (κ2) is 6.56. The van der Waals surface area contributed by atoms with E-state index < -0.39 is 17.9 Å². The highest BCUT2D eigenvalue weighted by Crippen LogP contribution is 2.16. The molecule has 3 N–H and O–H groups in total. The third-order valence-electron chi connectivity index (χ3n) is 3.94. The lowest BCUT2D eigenvalue weighted by atomic mass is 10.1. The van der Waals surface area contributed by atoms with Crippen LogP contribution < -0.4 is 16.6 Å². The minimum Gasteiger partial charge on any atom is -0.366 e. The number of hydrogen-bond acceptors (Lipinski definition) is 4. The molecule has 0 aliphatic carbocycles. The molecule has 1 heterocycles. The molecular formula is C18H16N4O3. The fraction of sp³-hybridized carbons (Fsp3) is 0.111. The summed E-state index contributed by atoms with van der Waals surface area (Å²) in [4.78, 5) is 40.8. The molecule has 2 amide bonds. The lowest BCUT2D eigenvalue weighted by Crippen LogP contribution is -2.32. The van der Waals surface area contributed by atoms with E-state index in [1.165, 1.54) is 17.0 Å². The first-order chi connectivity index (χ1) is 12.0. The molecule has 0 spiro atoms. The zero-order valence-corrected chi connectivity index (χ0v) is 13.5. The van der Waals surface area contributed by atoms with E-state index >= 15 is 0 Å². The highest BCUT2D eigenvalue weighted by atomic mass is 16.2. The molecule has 7 heteroatoms. The number of amides is 2. The van der Waals surface area contributed by atoms with E-state index in [1.54, 1.807) is 49.4 Å². The van der Waals surface area contributed by atoms with Crippen molar-refractivity contribution in [2.75, 3.05) is 5.32 Å². The zero-order valence-electron chi connectivity index (χ0n) is 13.5. The number of primary amides is 1. The summed E-state index contributed by atoms with van der Waals surface area (Å²) >= 11 is 0. The Hall–Kier alpha value is -3.48. The Labute approximate surface area is 143 Å². The Morgan fingerprint density at radius 2 is 1.80 bits per heavy atom. The largest absolute Gasteiger partial charge is 0.366 e. The number of anilines is 1. The molecular weight excluding hydrogens is 320 g/mol. The van der Waals surface area contributed by atoms with Crippen molar-refractivity contribution in [1.82, 2.24) is 9.55 Å². The van der Waals surface area contributed by atoms with Gasteiger partial charge in [-0.1, -0.05) is 24.3 Å². The molecule has 126 valence electrons. The monoisotopic (exact) mass is 336 g/mol. The Morgan fingerprint density at radius 1 is 1.12 bits per heavy atom. The number of nitrogens with one attached hydrogen (secondary N) is 1. The predicted octanol–water partition coefficient (Wildman–Crippen LogP) is 1.70. The van der Waals surface area contributed by atoms with Crippen LogP contribution in [-0.2, 0) is 4.79 Å². The summed E-state index contributed by atoms with van der Waals surface area (Å²) in [6.07, 6.45) is 1.34. The summed E-state index contributed by atoms with van der Waals surface area (Å²) in [6, 6.07) is 12.5. The number of hydrogen-bond donors (Lipinski definition) is 2. The van der Waals surface area contributed by atoms with Gasteiger partial charge in [-0.25, -0.2) is 4.98 Å². The maximum Gasteiger partial charge on any atom is 0.261 e. The van der Waals surface area contributed by atoms with E-state index in [0.717, 1.165) is 0 Å². The van der Waals surface area contributed by atoms with Crippen molar-refractivity contribution >= 4 is 28.4 Å². The maximum atomic E-state index is 12.6. The average molecular weight is 336 g/mol. The minimum absolute atomic E-state index is 0.201. The number of rotatable bonds is 4. The number of carbonyl (C=O) groups excluding carboxylic acids is 2. The van der Waals surface area contributed by atoms with Crippen LogP contribution in [-0.4, -0.2) is 21.4 Å². The Bertz CT molecular complexity index is 1030. The molecule has 0 fully saturated rings. The number of nitrogens with zero attached hydrogens (tertiary/aromatic N) is 2. The first kappa shape index (κ1) is 16.4. The van der Waals surface area contributed by atoms with Crippen molar-refractivity contribution in [3.63, 3.8) is 0 Å². The van der Waals surface area contributed by atoms with Crippen LogP contribution in [0.2, 0.25) is 0 Å². The van der Waals surface area contributed by atoms with Gasteiger partial charge in [0.25, 0.3) is 11.5 Å². The first-order valence-electron chi connectivity index (χ1n) is 7.64. The lowest BCUT2D eigenvalue weighted by molar-refractivity contribution is -0.118. The predicted molar refractivity (Wildman–Crippen MR) is 94.3 cm³/mol. The van der Waals surface area contributed by atoms with E-state index in [4.69, 9.17) is 5.73 Å². The topological polar surface area (TPSA) is 107 Å². The normalized spacial score (nSPS) is 11.9. The first-order valence-corrected chi connectivity index (χ1v) is 7.64. The van der Waals surface area contributed by atoms with E-state index in [-0.39, 0.29) is 11.1 Å². The molecule has 0 radical (unpaired) electrons. The van der Waals surface area contributed by atoms with Crippen LogP contribution in [0, 0.1) is 0 Å². The third-order valence-corrected chi connectivity index (χ3v) is 3.94. The fourth-order valence-electron chi connectivity index (χ4n) is 2.53. The van der Waals surface area contributed by atoms with Crippen molar-refractivity contribution in [3.8, 4) is 0 Å². The van der Waals surface area contributed by atoms with Gasteiger partial charge >= 0.3 is 0 Å². The number of nitrogens with two attached hydrogens (primary N) is 1. The van der Waals surface area contributed by atoms with E-state index in [2.05, 4.69) is 10.3 Å². The Kier molecular flexibility index (Phi) is 4.30. The summed E-state index contributed by atoms with van der Waals surface area (Å²) in [6.45, 7) is 1.58. The van der Waals surface area contributed by atoms with Gasteiger partial charge in [0.1, 0.15) is 6.04 Å². The van der Waals surface area contributed by atoms with Crippen LogP contribution in [0.15, 0.2) is 59.7 Å². The summed E-state index contributed by atoms with van der Waals surface area (Å²) in [5.41, 5.74) is 6.07. The molecule has 0 bridgehead atoms. The van der Waals surface area contributed by atoms with Gasteiger partial charge in [-0.3, -0.25) is 19.0 Å². The van der Waals surface area contributed by atoms with Gasteiger partial charge in [0.2, 0.25) is 5.91 Å². The average Bonchev–Trinajstić information content (AvgIpc) is 2.62. The summed E-state index contributed by atoms with van der Waals surface area (Å²) < 4.78 is 1.25. The summed E-state index contributed by atoms with van der Waals surface area (Å²) in [5, 5.41) is 3.07. The second-order valence-corrected chi connectivity index (χ2v) is 5.55. The molecule has 0 saturated heterocycles. The van der Waals surface area contributed by atoms with Gasteiger partial charge in [-0.05, 0) is 31.2 Å². The highest BCUT2D eigenvalue weighted by molar-refractivity contribution is 6.03. The summed E-state index contributed by atoms with van der Waals surface area (Å²) in [7, 11) is 0. The molecule has 0 unspecified atom stereocenters. The molecule has 1 atom stereocenters. The zero-order chi connectivity index (χ0) is 18.0. The number of para-hydroxylation sites is 2. The van der Waals surface area contributed by atoms with Gasteiger partial charge in [-0.15, -0.1) is 0 Å². The lowest BCUT2D eigenvalue weighted by Gasteiger charge is -2.16. The maximum absolute atomic E-state index is 12.6. The minimum atomic E-state index is -0.814. The number of carbonyl (C=O) groups is 2. The number of aromatic nitrogens is 2. The van der Waals surface area contributed by atoms with Crippen molar-refractivity contribution in [3.05, 3.63) is 70.8 Å². The standard InChI is InChI=1S/C18H16N4O3/c1-11(17(24)21-15-9-5-2-6-12(15)16(19)23)22-10-20-14-8-4-3-7-13(14)18(22)25/h2-11H,1H3,(H2,19,23)(H,21,24)/t11-/m0/s1. The van der Waals surface area contributed by atoms with Gasteiger partial charge in [0, 0.05) is 0 Å². The highest BCUT2D eigenvalue weighted by Gasteiger charge is 2.19. The van der Waals surface area contributed by atoms with Crippen LogP contribution in [0.25, 0.3) is 10.9 Å². The van der Waals surface area contributed by atoms with Crippen molar-refractivity contribution < 1.29 is 9.59 Å². The van der Waals surface area contributed by atoms with Gasteiger partial charge in [0.05, 0.1) is 28.5 Å². The molecule has 1 aromatic heterocycles. The van der Waals surface area contributed by atoms with E-state index in [9.17, 15) is 14.4 Å². The van der Waals surface area contributed by atoms with Crippen molar-refractivity contribution in [2.24, 2.45) is 5.73 Å². The Balaban J connectivity index is 1.93. The van der Waals surface area contributed by atoms with Gasteiger partial charge in [-0.2, -0.15) is 0 Å². The van der Waals surface area contributed by atoms with Crippen LogP contribution in [0.1, 0.15) is 23.3 Å². The van der Waals surface area contributed by atoms with Crippen LogP contribution in [0.4, 0.5) is 5.69 Å². The molecule has 0 aliphatic rings. The van der Waals surface area contributed by atoms with Gasteiger partial charge < -0.3 is 11.1 Å². The van der Waals surface area contributed by atoms with Gasteiger partial charge in [0.15, 0.2) is 0 Å². The van der Waals surface area contributed by atoms with Crippen LogP contribution in [0.5, 0.6) is 0 Å². The number of fused-ring (bicyclic) bond motifs is 1. The van der Waals surface area contributed by atoms with Crippen LogP contribution in [0.3, 0.4) is 0 Å². The van der Waals surface area contributed by atoms with Crippen molar-refractivity contribution in [1.29, 1.82) is 0 Å². The third kappa shape index (κ3) is 3.12. The molecule has 25 heavy (non-hydrogen) atoms. The molecule has 2 aromatic carbocycles. The van der Waals surface area contributed by atoms with Crippen LogP contribution >= 0.6 is 0 Å². The smallest absolute Gasteiger partial charge is 0.261 e. The second-order valence-electron chi connectivity index (χ2n) is 5.55. The fourth-order valence-corrected chi connectivity index (χ4v) is 2.53. The quantitative estimate of drug-likeness (QED) is 0.756. The SMILES string of the molecule is C[C@@H](C(=O)Nc1ccccc1C(N)=O)n1cnc2ccccc2c1=O. The van der Waals surface area contributed by atoms with Crippen molar-refractivity contribution in [2.45, 2.75) is 13.0 Å². The van der Waals surface area contributed by atoms with E-state index in [0.29, 0.717) is 16.6 Å². The molecule has 7 nitrogen and oxygen atoms in total. The Morgan fingerprint density at radius 3 is 2.56 bits per heavy atom. The molecule has 0 saturated carbocycles. The molecule has 3 aromatic rings. The summed E-state index contributed by atoms with van der Waals surface area (Å²) in [5.74, 6) is -1.10.